The van der Waals surface area contributed by atoms with E-state index in [0.29, 0.717) is 23.6 Å². The van der Waals surface area contributed by atoms with E-state index in [2.05, 4.69) is 12.2 Å². The number of ether oxygens (including phenoxy) is 2. The predicted molar refractivity (Wildman–Crippen MR) is 121 cm³/mol. The zero-order valence-corrected chi connectivity index (χ0v) is 18.0. The number of benzene rings is 2. The third-order valence-electron chi connectivity index (χ3n) is 5.21. The van der Waals surface area contributed by atoms with Crippen LogP contribution in [0.2, 0.25) is 0 Å². The number of pyridine rings is 1. The average Bonchev–Trinajstić information content (AvgIpc) is 2.79. The van der Waals surface area contributed by atoms with E-state index < -0.39 is 0 Å². The van der Waals surface area contributed by atoms with Crippen molar-refractivity contribution in [2.45, 2.75) is 39.0 Å². The van der Waals surface area contributed by atoms with E-state index in [0.717, 1.165) is 35.0 Å². The summed E-state index contributed by atoms with van der Waals surface area (Å²) in [6.45, 7) is 2.89. The summed E-state index contributed by atoms with van der Waals surface area (Å²) in [7, 11) is 3.21. The molecule has 1 aromatic heterocycles. The van der Waals surface area contributed by atoms with Gasteiger partial charge < -0.3 is 14.8 Å². The summed E-state index contributed by atoms with van der Waals surface area (Å²) in [4.78, 5) is 17.7. The Morgan fingerprint density at radius 2 is 1.70 bits per heavy atom. The number of hydrogen-bond donors (Lipinski definition) is 1. The fourth-order valence-corrected chi connectivity index (χ4v) is 3.53. The molecule has 2 aromatic carbocycles. The molecule has 5 nitrogen and oxygen atoms in total. The zero-order valence-electron chi connectivity index (χ0n) is 18.0. The van der Waals surface area contributed by atoms with Crippen LogP contribution in [0.25, 0.3) is 22.2 Å². The quantitative estimate of drug-likeness (QED) is 0.444. The highest BCUT2D eigenvalue weighted by molar-refractivity contribution is 6.07. The summed E-state index contributed by atoms with van der Waals surface area (Å²) < 4.78 is 10.8. The number of rotatable bonds is 10. The predicted octanol–water partition coefficient (Wildman–Crippen LogP) is 5.62. The Morgan fingerprint density at radius 3 is 2.47 bits per heavy atom. The second kappa shape index (κ2) is 10.6. The molecule has 0 aliphatic rings. The lowest BCUT2D eigenvalue weighted by atomic mass is 10.0. The van der Waals surface area contributed by atoms with Crippen LogP contribution in [0.3, 0.4) is 0 Å². The van der Waals surface area contributed by atoms with E-state index in [1.807, 2.05) is 48.5 Å². The summed E-state index contributed by atoms with van der Waals surface area (Å²) in [5.74, 6) is 1.22. The van der Waals surface area contributed by atoms with Gasteiger partial charge in [0.2, 0.25) is 0 Å². The van der Waals surface area contributed by atoms with Crippen LogP contribution >= 0.6 is 0 Å². The first kappa shape index (κ1) is 21.6. The lowest BCUT2D eigenvalue weighted by Crippen LogP contribution is -2.24. The summed E-state index contributed by atoms with van der Waals surface area (Å²) in [5, 5.41) is 3.93. The molecule has 3 rings (SSSR count). The molecule has 0 aliphatic carbocycles. The van der Waals surface area contributed by atoms with E-state index in [-0.39, 0.29) is 5.91 Å². The molecule has 1 heterocycles. The van der Waals surface area contributed by atoms with Gasteiger partial charge in [0.25, 0.3) is 5.91 Å². The third kappa shape index (κ3) is 5.09. The number of hydrogen-bond acceptors (Lipinski definition) is 4. The van der Waals surface area contributed by atoms with Crippen LogP contribution in [0, 0.1) is 0 Å². The van der Waals surface area contributed by atoms with Crippen molar-refractivity contribution in [2.75, 3.05) is 20.8 Å². The number of para-hydroxylation sites is 1. The minimum atomic E-state index is -0.0641. The first-order valence-electron chi connectivity index (χ1n) is 10.6. The number of aromatic nitrogens is 1. The second-order valence-corrected chi connectivity index (χ2v) is 7.31. The van der Waals surface area contributed by atoms with Gasteiger partial charge in [-0.1, -0.05) is 50.8 Å². The molecule has 0 saturated carbocycles. The average molecular weight is 407 g/mol. The molecule has 0 spiro atoms. The monoisotopic (exact) mass is 406 g/mol. The van der Waals surface area contributed by atoms with Crippen molar-refractivity contribution < 1.29 is 14.3 Å². The lowest BCUT2D eigenvalue weighted by molar-refractivity contribution is 0.0954. The number of carbonyl (C=O) groups is 1. The Bertz CT molecular complexity index is 1000. The molecule has 3 aromatic rings. The summed E-state index contributed by atoms with van der Waals surface area (Å²) in [6.07, 6.45) is 5.82. The maximum atomic E-state index is 13.0. The van der Waals surface area contributed by atoms with Crippen molar-refractivity contribution in [1.82, 2.24) is 10.3 Å². The molecule has 0 bridgehead atoms. The molecule has 0 unspecified atom stereocenters. The molecule has 1 N–H and O–H groups in total. The number of fused-ring (bicyclic) bond motifs is 1. The van der Waals surface area contributed by atoms with Gasteiger partial charge in [-0.05, 0) is 36.8 Å². The molecule has 158 valence electrons. The highest BCUT2D eigenvalue weighted by atomic mass is 16.5. The summed E-state index contributed by atoms with van der Waals surface area (Å²) in [6, 6.07) is 15.2. The molecule has 0 fully saturated rings. The minimum Gasteiger partial charge on any atom is -0.493 e. The molecule has 0 aliphatic heterocycles. The smallest absolute Gasteiger partial charge is 0.252 e. The number of unbranched alkanes of at least 4 members (excludes halogenated alkanes) is 4. The van der Waals surface area contributed by atoms with E-state index in [1.165, 1.54) is 19.3 Å². The van der Waals surface area contributed by atoms with E-state index >= 15 is 0 Å². The topological polar surface area (TPSA) is 60.5 Å². The standard InChI is InChI=1S/C25H30N2O3/c1-4-5-6-7-10-15-26-25(28)20-17-22(27-21-12-9-8-11-19(20)21)18-13-14-23(29-2)24(16-18)30-3/h8-9,11-14,16-17H,4-7,10,15H2,1-3H3,(H,26,28). The molecule has 0 atom stereocenters. The van der Waals surface area contributed by atoms with Crippen LogP contribution in [0.15, 0.2) is 48.5 Å². The number of nitrogens with zero attached hydrogens (tertiary/aromatic N) is 1. The number of amides is 1. The van der Waals surface area contributed by atoms with Crippen molar-refractivity contribution in [3.63, 3.8) is 0 Å². The van der Waals surface area contributed by atoms with E-state index in [4.69, 9.17) is 14.5 Å². The van der Waals surface area contributed by atoms with Gasteiger partial charge in [0, 0.05) is 17.5 Å². The largest absolute Gasteiger partial charge is 0.493 e. The molecule has 30 heavy (non-hydrogen) atoms. The van der Waals surface area contributed by atoms with Crippen LogP contribution in [0.1, 0.15) is 49.4 Å². The summed E-state index contributed by atoms with van der Waals surface area (Å²) >= 11 is 0. The van der Waals surface area contributed by atoms with Crippen LogP contribution in [0.5, 0.6) is 11.5 Å². The molecule has 0 saturated heterocycles. The van der Waals surface area contributed by atoms with Gasteiger partial charge >= 0.3 is 0 Å². The normalized spacial score (nSPS) is 10.8. The van der Waals surface area contributed by atoms with E-state index in [1.54, 1.807) is 14.2 Å². The molecular formula is C25H30N2O3. The van der Waals surface area contributed by atoms with Gasteiger partial charge in [-0.25, -0.2) is 4.98 Å². The van der Waals surface area contributed by atoms with Gasteiger partial charge in [-0.3, -0.25) is 4.79 Å². The zero-order chi connectivity index (χ0) is 21.3. The first-order chi connectivity index (χ1) is 14.7. The van der Waals surface area contributed by atoms with Crippen molar-refractivity contribution in [3.05, 3.63) is 54.1 Å². The molecular weight excluding hydrogens is 376 g/mol. The first-order valence-corrected chi connectivity index (χ1v) is 10.6. The third-order valence-corrected chi connectivity index (χ3v) is 5.21. The Kier molecular flexibility index (Phi) is 7.66. The highest BCUT2D eigenvalue weighted by Gasteiger charge is 2.15. The number of carbonyl (C=O) groups excluding carboxylic acids is 1. The lowest BCUT2D eigenvalue weighted by Gasteiger charge is -2.12. The minimum absolute atomic E-state index is 0.0641. The van der Waals surface area contributed by atoms with Gasteiger partial charge in [0.15, 0.2) is 11.5 Å². The second-order valence-electron chi connectivity index (χ2n) is 7.31. The summed E-state index contributed by atoms with van der Waals surface area (Å²) in [5.41, 5.74) is 3.02. The maximum Gasteiger partial charge on any atom is 0.252 e. The Hall–Kier alpha value is -3.08. The number of methoxy groups -OCH3 is 2. The Labute approximate surface area is 178 Å². The molecule has 1 amide bonds. The highest BCUT2D eigenvalue weighted by Crippen LogP contribution is 2.33. The van der Waals surface area contributed by atoms with Gasteiger partial charge in [0.05, 0.1) is 31.0 Å². The van der Waals surface area contributed by atoms with Crippen molar-refractivity contribution in [2.24, 2.45) is 0 Å². The SMILES string of the molecule is CCCCCCCNC(=O)c1cc(-c2ccc(OC)c(OC)c2)nc2ccccc12. The fraction of sp³-hybridized carbons (Fsp3) is 0.360. The maximum absolute atomic E-state index is 13.0. The van der Waals surface area contributed by atoms with Crippen LogP contribution < -0.4 is 14.8 Å². The van der Waals surface area contributed by atoms with Crippen molar-refractivity contribution >= 4 is 16.8 Å². The molecule has 5 heteroatoms. The molecule has 0 radical (unpaired) electrons. The number of nitrogens with one attached hydrogen (secondary N) is 1. The van der Waals surface area contributed by atoms with Gasteiger partial charge in [0.1, 0.15) is 0 Å². The van der Waals surface area contributed by atoms with Crippen LogP contribution in [-0.4, -0.2) is 31.7 Å². The van der Waals surface area contributed by atoms with Crippen LogP contribution in [0.4, 0.5) is 0 Å². The van der Waals surface area contributed by atoms with E-state index in [9.17, 15) is 4.79 Å². The fourth-order valence-electron chi connectivity index (χ4n) is 3.53. The van der Waals surface area contributed by atoms with Gasteiger partial charge in [-0.2, -0.15) is 0 Å². The Balaban J connectivity index is 1.88. The van der Waals surface area contributed by atoms with Crippen molar-refractivity contribution in [1.29, 1.82) is 0 Å². The van der Waals surface area contributed by atoms with Crippen LogP contribution in [-0.2, 0) is 0 Å². The van der Waals surface area contributed by atoms with Gasteiger partial charge in [-0.15, -0.1) is 0 Å². The van der Waals surface area contributed by atoms with Crippen molar-refractivity contribution in [3.8, 4) is 22.8 Å². The Morgan fingerprint density at radius 1 is 0.933 bits per heavy atom.